The third-order valence-electron chi connectivity index (χ3n) is 5.57. The molecule has 1 aliphatic carbocycles. The SMILES string of the molecule is O=C(N[C@H]1[C@@H](OC2C[C@H](CO)[C@@H](O)[C@@H](O)[C@H]2O)O[C@H](CO)[C@@H](O)[C@@H]1O)c1ccco1. The number of aliphatic hydroxyl groups is 7. The van der Waals surface area contributed by atoms with Crippen LogP contribution in [0.4, 0.5) is 0 Å². The number of aliphatic hydroxyl groups excluding tert-OH is 7. The summed E-state index contributed by atoms with van der Waals surface area (Å²) in [5, 5.41) is 72.1. The Hall–Kier alpha value is -1.61. The number of hydrogen-bond donors (Lipinski definition) is 8. The van der Waals surface area contributed by atoms with E-state index in [4.69, 9.17) is 13.9 Å². The predicted octanol–water partition coefficient (Wildman–Crippen LogP) is -3.70. The fourth-order valence-electron chi connectivity index (χ4n) is 3.75. The van der Waals surface area contributed by atoms with Crippen molar-refractivity contribution in [3.05, 3.63) is 24.2 Å². The number of carbonyl (C=O) groups is 1. The number of nitrogens with one attached hydrogen (secondary N) is 1. The van der Waals surface area contributed by atoms with Crippen molar-refractivity contribution in [1.29, 1.82) is 0 Å². The van der Waals surface area contributed by atoms with Crippen LogP contribution in [0.5, 0.6) is 0 Å². The lowest BCUT2D eigenvalue weighted by molar-refractivity contribution is -0.301. The molecule has 2 fully saturated rings. The van der Waals surface area contributed by atoms with Gasteiger partial charge in [0.1, 0.15) is 36.6 Å². The van der Waals surface area contributed by atoms with E-state index in [0.717, 1.165) is 0 Å². The van der Waals surface area contributed by atoms with E-state index in [0.29, 0.717) is 0 Å². The normalized spacial score (nSPS) is 42.1. The van der Waals surface area contributed by atoms with Crippen LogP contribution in [-0.4, -0.2) is 110 Å². The summed E-state index contributed by atoms with van der Waals surface area (Å²) in [6.07, 6.45) is -10.3. The summed E-state index contributed by atoms with van der Waals surface area (Å²) in [6.45, 7) is -1.14. The van der Waals surface area contributed by atoms with Gasteiger partial charge in [-0.05, 0) is 18.6 Å². The Morgan fingerprint density at radius 2 is 1.77 bits per heavy atom. The van der Waals surface area contributed by atoms with Crippen molar-refractivity contribution in [3.8, 4) is 0 Å². The molecule has 1 saturated carbocycles. The minimum absolute atomic E-state index is 0.0585. The maximum Gasteiger partial charge on any atom is 0.287 e. The lowest BCUT2D eigenvalue weighted by Gasteiger charge is -2.46. The van der Waals surface area contributed by atoms with E-state index in [-0.39, 0.29) is 12.2 Å². The summed E-state index contributed by atoms with van der Waals surface area (Å²) in [4.78, 5) is 12.4. The lowest BCUT2D eigenvalue weighted by atomic mass is 9.81. The number of ether oxygens (including phenoxy) is 2. The molecular formula is C18H27NO11. The van der Waals surface area contributed by atoms with E-state index in [1.165, 1.54) is 18.4 Å². The second-order valence-corrected chi connectivity index (χ2v) is 7.51. The van der Waals surface area contributed by atoms with Gasteiger partial charge in [-0.15, -0.1) is 0 Å². The minimum Gasteiger partial charge on any atom is -0.459 e. The molecular weight excluding hydrogens is 406 g/mol. The van der Waals surface area contributed by atoms with Crippen LogP contribution in [0.1, 0.15) is 17.0 Å². The molecule has 12 nitrogen and oxygen atoms in total. The molecule has 12 heteroatoms. The topological polar surface area (TPSA) is 202 Å². The smallest absolute Gasteiger partial charge is 0.287 e. The van der Waals surface area contributed by atoms with E-state index < -0.39 is 80.1 Å². The maximum absolute atomic E-state index is 12.4. The first kappa shape index (κ1) is 23.1. The molecule has 170 valence electrons. The summed E-state index contributed by atoms with van der Waals surface area (Å²) in [7, 11) is 0. The highest BCUT2D eigenvalue weighted by Crippen LogP contribution is 2.31. The first-order valence-electron chi connectivity index (χ1n) is 9.55. The quantitative estimate of drug-likeness (QED) is 0.219. The van der Waals surface area contributed by atoms with Gasteiger partial charge in [-0.25, -0.2) is 0 Å². The van der Waals surface area contributed by atoms with Gasteiger partial charge in [-0.1, -0.05) is 0 Å². The third-order valence-corrected chi connectivity index (χ3v) is 5.57. The van der Waals surface area contributed by atoms with Crippen molar-refractivity contribution in [2.75, 3.05) is 13.2 Å². The highest BCUT2D eigenvalue weighted by Gasteiger charge is 2.49. The fourth-order valence-corrected chi connectivity index (χ4v) is 3.75. The van der Waals surface area contributed by atoms with Gasteiger partial charge in [0.25, 0.3) is 5.91 Å². The highest BCUT2D eigenvalue weighted by atomic mass is 16.7. The Labute approximate surface area is 171 Å². The highest BCUT2D eigenvalue weighted by molar-refractivity contribution is 5.91. The number of amides is 1. The lowest BCUT2D eigenvalue weighted by Crippen LogP contribution is -2.66. The van der Waals surface area contributed by atoms with Gasteiger partial charge >= 0.3 is 0 Å². The minimum atomic E-state index is -1.61. The van der Waals surface area contributed by atoms with Crippen LogP contribution in [0.25, 0.3) is 0 Å². The van der Waals surface area contributed by atoms with Crippen LogP contribution in [0, 0.1) is 5.92 Å². The van der Waals surface area contributed by atoms with Crippen LogP contribution >= 0.6 is 0 Å². The monoisotopic (exact) mass is 433 g/mol. The van der Waals surface area contributed by atoms with E-state index in [1.807, 2.05) is 0 Å². The second kappa shape index (κ2) is 9.68. The number of carbonyl (C=O) groups excluding carboxylic acids is 1. The zero-order valence-corrected chi connectivity index (χ0v) is 15.9. The summed E-state index contributed by atoms with van der Waals surface area (Å²) < 4.78 is 16.2. The zero-order chi connectivity index (χ0) is 22.0. The molecule has 1 unspecified atom stereocenters. The van der Waals surface area contributed by atoms with Crippen LogP contribution in [0.2, 0.25) is 0 Å². The summed E-state index contributed by atoms with van der Waals surface area (Å²) in [6, 6.07) is 1.53. The maximum atomic E-state index is 12.4. The van der Waals surface area contributed by atoms with Crippen LogP contribution in [0.15, 0.2) is 22.8 Å². The Morgan fingerprint density at radius 3 is 2.37 bits per heavy atom. The molecule has 8 N–H and O–H groups in total. The van der Waals surface area contributed by atoms with Gasteiger partial charge in [0, 0.05) is 12.5 Å². The standard InChI is InChI=1S/C18H27NO11/c20-5-7-4-9(13(23)16(26)12(7)22)29-18-11(15(25)14(24)10(6-21)30-18)19-17(27)8-2-1-3-28-8/h1-3,7,9-16,18,20-26H,4-6H2,(H,19,27)/t7-,9?,10-,11-,12-,13+,14-,15-,16-,18+/m1/s1. The van der Waals surface area contributed by atoms with Gasteiger partial charge in [0.2, 0.25) is 0 Å². The molecule has 1 aliphatic heterocycles. The molecule has 10 atom stereocenters. The van der Waals surface area contributed by atoms with Gasteiger partial charge in [-0.2, -0.15) is 0 Å². The molecule has 1 aromatic heterocycles. The Bertz CT molecular complexity index is 684. The van der Waals surface area contributed by atoms with Gasteiger partial charge in [-0.3, -0.25) is 4.79 Å². The molecule has 2 aliphatic rings. The van der Waals surface area contributed by atoms with Gasteiger partial charge < -0.3 is 55.0 Å². The van der Waals surface area contributed by atoms with Gasteiger partial charge in [0.15, 0.2) is 12.1 Å². The van der Waals surface area contributed by atoms with E-state index in [9.17, 15) is 40.5 Å². The third kappa shape index (κ3) is 4.51. The first-order valence-corrected chi connectivity index (χ1v) is 9.55. The average molecular weight is 433 g/mol. The van der Waals surface area contributed by atoms with Crippen molar-refractivity contribution >= 4 is 5.91 Å². The first-order chi connectivity index (χ1) is 14.3. The molecule has 0 spiro atoms. The summed E-state index contributed by atoms with van der Waals surface area (Å²) in [5.41, 5.74) is 0. The van der Waals surface area contributed by atoms with E-state index in [2.05, 4.69) is 5.32 Å². The Balaban J connectivity index is 1.79. The van der Waals surface area contributed by atoms with Crippen molar-refractivity contribution in [2.45, 2.75) is 61.5 Å². The molecule has 1 aromatic rings. The van der Waals surface area contributed by atoms with Crippen molar-refractivity contribution in [1.82, 2.24) is 5.32 Å². The second-order valence-electron chi connectivity index (χ2n) is 7.51. The van der Waals surface area contributed by atoms with E-state index >= 15 is 0 Å². The Kier molecular flexibility index (Phi) is 7.44. The number of rotatable bonds is 6. The van der Waals surface area contributed by atoms with Crippen molar-refractivity contribution in [2.24, 2.45) is 5.92 Å². The molecule has 0 aromatic carbocycles. The van der Waals surface area contributed by atoms with E-state index in [1.54, 1.807) is 0 Å². The Morgan fingerprint density at radius 1 is 1.03 bits per heavy atom. The van der Waals surface area contributed by atoms with Gasteiger partial charge in [0.05, 0.1) is 25.1 Å². The molecule has 0 bridgehead atoms. The van der Waals surface area contributed by atoms with Crippen molar-refractivity contribution < 1.29 is 54.4 Å². The predicted molar refractivity (Wildman–Crippen MR) is 95.8 cm³/mol. The summed E-state index contributed by atoms with van der Waals surface area (Å²) >= 11 is 0. The molecule has 0 radical (unpaired) electrons. The number of hydrogen-bond acceptors (Lipinski definition) is 11. The molecule has 1 saturated heterocycles. The molecule has 3 rings (SSSR count). The molecule has 30 heavy (non-hydrogen) atoms. The average Bonchev–Trinajstić information content (AvgIpc) is 3.28. The molecule has 1 amide bonds. The molecule has 2 heterocycles. The zero-order valence-electron chi connectivity index (χ0n) is 15.9. The fraction of sp³-hybridized carbons (Fsp3) is 0.722. The van der Waals surface area contributed by atoms with Crippen LogP contribution in [0.3, 0.4) is 0 Å². The largest absolute Gasteiger partial charge is 0.459 e. The number of furan rings is 1. The van der Waals surface area contributed by atoms with Crippen molar-refractivity contribution in [3.63, 3.8) is 0 Å². The van der Waals surface area contributed by atoms with Crippen LogP contribution < -0.4 is 5.32 Å². The van der Waals surface area contributed by atoms with Crippen LogP contribution in [-0.2, 0) is 9.47 Å². The summed E-state index contributed by atoms with van der Waals surface area (Å²) in [5.74, 6) is -1.60.